The largest absolute Gasteiger partial charge is 0.744 e. The summed E-state index contributed by atoms with van der Waals surface area (Å²) in [6.07, 6.45) is 9.90. The van der Waals surface area contributed by atoms with E-state index in [1.54, 1.807) is 12.1 Å². The van der Waals surface area contributed by atoms with Gasteiger partial charge in [0.2, 0.25) is 17.5 Å². The lowest BCUT2D eigenvalue weighted by Gasteiger charge is -2.25. The van der Waals surface area contributed by atoms with Gasteiger partial charge in [0, 0.05) is 79.6 Å². The van der Waals surface area contributed by atoms with Gasteiger partial charge in [0.1, 0.15) is 35.0 Å². The van der Waals surface area contributed by atoms with Crippen LogP contribution >= 0.6 is 23.5 Å². The standard InChI is InChI=1S/C51H69N6O23P3S2/c1-6-55-38-24-22-34(84(71,72)73)29-36(38)50(2,3)41(55)18-10-7-11-19-42-51(4,5)37-30-35(85(74,75)76)23-25-39(37)56(42)28-15-9-13-21-43(58)52-26-14-8-12-20-44(59)53-27-16-17-33-31-57(49(63)54-47(33)62)48-46(61)45(60)40(78-48)32-77-82(67,68)80-83(69,70)79-81(64,65)66/h7,10-11,16-19,22-25,29-31,40,45-46,48,60-61H,6,8-9,12-15,20-21,26-28,32H2,1-5H3,(H8-,52,53,54,58,59,62,63,64,65,66,67,68,69,70,71,72,73,74,75,76)/b17-16+/t40-,45-,46-,48-/m1/s1. The van der Waals surface area contributed by atoms with E-state index in [9.17, 15) is 78.8 Å². The van der Waals surface area contributed by atoms with Crippen LogP contribution in [0.1, 0.15) is 109 Å². The van der Waals surface area contributed by atoms with Gasteiger partial charge in [-0.15, -0.1) is 0 Å². The Labute approximate surface area is 489 Å². The highest BCUT2D eigenvalue weighted by atomic mass is 32.2. The third-order valence-corrected chi connectivity index (χ3v) is 19.7. The summed E-state index contributed by atoms with van der Waals surface area (Å²) in [5.74, 6) is -0.447. The minimum Gasteiger partial charge on any atom is -0.744 e. The maximum absolute atomic E-state index is 12.7. The normalized spacial score (nSPS) is 21.5. The quantitative estimate of drug-likeness (QED) is 0.0155. The van der Waals surface area contributed by atoms with Gasteiger partial charge in [0.25, 0.3) is 15.7 Å². The molecule has 0 saturated carbocycles. The first kappa shape index (κ1) is 68.7. The van der Waals surface area contributed by atoms with E-state index in [4.69, 9.17) is 14.5 Å². The lowest BCUT2D eigenvalue weighted by Crippen LogP contribution is -2.38. The molecule has 0 aliphatic carbocycles. The number of H-pyrrole nitrogens is 1. The summed E-state index contributed by atoms with van der Waals surface area (Å²) in [6.45, 7) is 10.2. The number of aliphatic hydroxyl groups is 2. The molecular weight excluding hydrogens is 1220 g/mol. The van der Waals surface area contributed by atoms with Gasteiger partial charge < -0.3 is 54.6 Å². The van der Waals surface area contributed by atoms with E-state index in [-0.39, 0.29) is 46.6 Å². The average Bonchev–Trinajstić information content (AvgIpc) is 1.72. The maximum atomic E-state index is 12.7. The number of nitrogens with one attached hydrogen (secondary N) is 3. The fourth-order valence-corrected chi connectivity index (χ4v) is 14.1. The van der Waals surface area contributed by atoms with Crippen LogP contribution in [0.3, 0.4) is 0 Å². The van der Waals surface area contributed by atoms with Gasteiger partial charge in [-0.3, -0.25) is 33.0 Å². The van der Waals surface area contributed by atoms with Crippen molar-refractivity contribution < 1.29 is 101 Å². The third kappa shape index (κ3) is 17.9. The first-order chi connectivity index (χ1) is 39.5. The number of benzene rings is 2. The van der Waals surface area contributed by atoms with Gasteiger partial charge in [-0.1, -0.05) is 50.6 Å². The molecule has 2 aromatic carbocycles. The zero-order valence-electron chi connectivity index (χ0n) is 46.7. The minimum atomic E-state index is -5.86. The molecule has 468 valence electrons. The molecule has 6 rings (SSSR count). The first-order valence-electron chi connectivity index (χ1n) is 26.5. The van der Waals surface area contributed by atoms with Crippen molar-refractivity contribution in [2.75, 3.05) is 37.7 Å². The fourth-order valence-electron chi connectivity index (χ4n) is 10.0. The van der Waals surface area contributed by atoms with Crippen molar-refractivity contribution >= 4 is 78.7 Å². The van der Waals surface area contributed by atoms with Crippen molar-refractivity contribution in [2.24, 2.45) is 0 Å². The number of rotatable bonds is 29. The van der Waals surface area contributed by atoms with Crippen LogP contribution in [-0.2, 0) is 72.2 Å². The summed E-state index contributed by atoms with van der Waals surface area (Å²) in [7, 11) is -26.3. The van der Waals surface area contributed by atoms with E-state index in [1.807, 2.05) is 70.0 Å². The summed E-state index contributed by atoms with van der Waals surface area (Å²) in [5.41, 5.74) is 1.35. The minimum absolute atomic E-state index is 0.0471. The van der Waals surface area contributed by atoms with E-state index >= 15 is 0 Å². The SMILES string of the molecule is CCN1C(=CC=CC=CC2=[N+](CCCCCC(=O)NCCCCCC(=O)NC/C=C/c3cn([C@@H]4O[C@H](COP(=O)(O)OP(=O)(O)OP(=O)(O)O)[C@@H](O)[C@H]4O)c(=O)[nH]c3=O)c3ccc(S(=O)(=O)O)cc3C2(C)C)C(C)(C)c2cc(S(=O)(=O)[O-])ccc21. The maximum Gasteiger partial charge on any atom is 0.490 e. The van der Waals surface area contributed by atoms with E-state index in [0.29, 0.717) is 68.3 Å². The monoisotopic (exact) mass is 1290 g/mol. The van der Waals surface area contributed by atoms with Crippen LogP contribution in [0.5, 0.6) is 0 Å². The molecule has 3 aromatic rings. The van der Waals surface area contributed by atoms with Gasteiger partial charge in [-0.25, -0.2) is 26.9 Å². The second kappa shape index (κ2) is 27.7. The van der Waals surface area contributed by atoms with Gasteiger partial charge in [0.05, 0.1) is 27.4 Å². The summed E-state index contributed by atoms with van der Waals surface area (Å²) in [5, 5.41) is 26.6. The van der Waals surface area contributed by atoms with E-state index in [1.165, 1.54) is 36.4 Å². The summed E-state index contributed by atoms with van der Waals surface area (Å²) < 4.78 is 124. The zero-order chi connectivity index (χ0) is 63.1. The number of hydrogen-bond donors (Lipinski definition) is 10. The number of likely N-dealkylation sites (N-methyl/N-ethyl adjacent to an activating group) is 1. The number of phosphoric ester groups is 1. The number of anilines is 1. The Morgan fingerprint density at radius 1 is 0.812 bits per heavy atom. The van der Waals surface area contributed by atoms with Crippen LogP contribution in [0.25, 0.3) is 6.08 Å². The van der Waals surface area contributed by atoms with Gasteiger partial charge >= 0.3 is 29.2 Å². The lowest BCUT2D eigenvalue weighted by atomic mass is 9.81. The highest BCUT2D eigenvalue weighted by molar-refractivity contribution is 7.86. The van der Waals surface area contributed by atoms with Crippen LogP contribution in [0.4, 0.5) is 11.4 Å². The number of carbonyl (C=O) groups excluding carboxylic acids is 2. The predicted octanol–water partition coefficient (Wildman–Crippen LogP) is 3.91. The van der Waals surface area contributed by atoms with Crippen LogP contribution in [0.2, 0.25) is 0 Å². The molecule has 34 heteroatoms. The number of nitrogens with zero attached hydrogens (tertiary/aromatic N) is 3. The molecule has 1 fully saturated rings. The van der Waals surface area contributed by atoms with Crippen molar-refractivity contribution in [2.45, 2.75) is 131 Å². The van der Waals surface area contributed by atoms with E-state index in [0.717, 1.165) is 34.5 Å². The number of aromatic nitrogens is 2. The second-order valence-corrected chi connectivity index (χ2v) is 28.2. The average molecular weight is 1290 g/mol. The molecule has 0 bridgehead atoms. The number of unbranched alkanes of at least 4 members (excludes halogenated alkanes) is 4. The molecule has 1 aromatic heterocycles. The highest BCUT2D eigenvalue weighted by Gasteiger charge is 2.48. The van der Waals surface area contributed by atoms with Crippen LogP contribution in [0, 0.1) is 0 Å². The number of phosphoric acid groups is 3. The second-order valence-electron chi connectivity index (χ2n) is 21.0. The molecule has 3 aliphatic heterocycles. The zero-order valence-corrected chi connectivity index (χ0v) is 51.1. The number of allylic oxidation sites excluding steroid dienone is 6. The smallest absolute Gasteiger partial charge is 0.490 e. The Morgan fingerprint density at radius 2 is 1.46 bits per heavy atom. The Kier molecular flexibility index (Phi) is 22.4. The number of fused-ring (bicyclic) bond motifs is 2. The molecule has 10 N–H and O–H groups in total. The van der Waals surface area contributed by atoms with Crippen molar-refractivity contribution in [3.8, 4) is 0 Å². The number of ether oxygens (including phenoxy) is 1. The third-order valence-electron chi connectivity index (χ3n) is 14.2. The Balaban J connectivity index is 0.928. The van der Waals surface area contributed by atoms with Crippen LogP contribution in [0.15, 0.2) is 104 Å². The molecule has 0 radical (unpaired) electrons. The number of amides is 2. The molecule has 4 heterocycles. The fraction of sp³-hybridized carbons (Fsp3) is 0.471. The van der Waals surface area contributed by atoms with Crippen LogP contribution in [-0.4, -0.2) is 138 Å². The number of aliphatic hydroxyl groups excluding tert-OH is 2. The first-order valence-corrected chi connectivity index (χ1v) is 33.9. The molecule has 1 saturated heterocycles. The van der Waals surface area contributed by atoms with Crippen molar-refractivity contribution in [1.82, 2.24) is 20.2 Å². The molecule has 0 spiro atoms. The van der Waals surface area contributed by atoms with Crippen molar-refractivity contribution in [3.05, 3.63) is 122 Å². The molecule has 3 aliphatic rings. The molecule has 85 heavy (non-hydrogen) atoms. The van der Waals surface area contributed by atoms with E-state index in [2.05, 4.69) is 33.3 Å². The molecular formula is C51H69N6O23P3S2. The number of hydrogen-bond acceptors (Lipinski definition) is 19. The lowest BCUT2D eigenvalue weighted by molar-refractivity contribution is -0.438. The number of aromatic amines is 1. The Morgan fingerprint density at radius 3 is 2.11 bits per heavy atom. The van der Waals surface area contributed by atoms with Crippen molar-refractivity contribution in [1.29, 1.82) is 0 Å². The van der Waals surface area contributed by atoms with Crippen molar-refractivity contribution in [3.63, 3.8) is 0 Å². The summed E-state index contributed by atoms with van der Waals surface area (Å²) >= 11 is 0. The Bertz CT molecular complexity index is 3680. The molecule has 29 nitrogen and oxygen atoms in total. The van der Waals surface area contributed by atoms with Gasteiger partial charge in [-0.05, 0) is 88.4 Å². The molecule has 2 amide bonds. The van der Waals surface area contributed by atoms with Crippen LogP contribution < -0.4 is 26.8 Å². The van der Waals surface area contributed by atoms with Gasteiger partial charge in [-0.2, -0.15) is 21.6 Å². The number of carbonyl (C=O) groups is 2. The molecule has 6 atom stereocenters. The Hall–Kier alpha value is -5.40. The summed E-state index contributed by atoms with van der Waals surface area (Å²) in [4.78, 5) is 90.4. The molecule has 2 unspecified atom stereocenters. The van der Waals surface area contributed by atoms with E-state index < -0.39 is 96.9 Å². The summed E-state index contributed by atoms with van der Waals surface area (Å²) in [6, 6.07) is 8.92. The highest BCUT2D eigenvalue weighted by Crippen LogP contribution is 2.66. The predicted molar refractivity (Wildman–Crippen MR) is 305 cm³/mol. The topological polar surface area (TPSA) is 440 Å². The van der Waals surface area contributed by atoms with Gasteiger partial charge in [0.15, 0.2) is 11.9 Å².